The first kappa shape index (κ1) is 20.6. The third kappa shape index (κ3) is 4.55. The highest BCUT2D eigenvalue weighted by Gasteiger charge is 2.19. The Kier molecular flexibility index (Phi) is 6.39. The predicted molar refractivity (Wildman–Crippen MR) is 111 cm³/mol. The number of pyridine rings is 2. The first-order valence-electron chi connectivity index (χ1n) is 8.67. The molecular formula is C21H24ClN3O2. The Balaban J connectivity index is 0.00000261. The molecule has 3 aromatic rings. The van der Waals surface area contributed by atoms with E-state index in [1.54, 1.807) is 0 Å². The zero-order valence-corrected chi connectivity index (χ0v) is 17.0. The molecule has 6 heteroatoms. The van der Waals surface area contributed by atoms with Gasteiger partial charge in [-0.15, -0.1) is 12.4 Å². The van der Waals surface area contributed by atoms with Crippen molar-refractivity contribution in [2.24, 2.45) is 0 Å². The number of hydrogen-bond donors (Lipinski definition) is 1. The van der Waals surface area contributed by atoms with Gasteiger partial charge in [0.1, 0.15) is 5.56 Å². The van der Waals surface area contributed by atoms with Crippen LogP contribution >= 0.6 is 12.4 Å². The van der Waals surface area contributed by atoms with Crippen LogP contribution in [0.1, 0.15) is 41.0 Å². The molecule has 5 nitrogen and oxygen atoms in total. The Morgan fingerprint density at radius 3 is 2.52 bits per heavy atom. The van der Waals surface area contributed by atoms with Gasteiger partial charge < -0.3 is 10.1 Å². The summed E-state index contributed by atoms with van der Waals surface area (Å²) in [4.78, 5) is 21.4. The molecule has 0 fully saturated rings. The molecule has 2 aromatic heterocycles. The number of fused-ring (bicyclic) bond motifs is 1. The summed E-state index contributed by atoms with van der Waals surface area (Å²) in [6.07, 6.45) is 1.33. The zero-order valence-electron chi connectivity index (χ0n) is 16.2. The highest BCUT2D eigenvalue weighted by molar-refractivity contribution is 6.05. The van der Waals surface area contributed by atoms with Crippen molar-refractivity contribution in [1.29, 1.82) is 0 Å². The van der Waals surface area contributed by atoms with E-state index in [1.807, 2.05) is 52.0 Å². The predicted octanol–water partition coefficient (Wildman–Crippen LogP) is 5.29. The summed E-state index contributed by atoms with van der Waals surface area (Å²) in [5.41, 5.74) is 5.75. The van der Waals surface area contributed by atoms with Gasteiger partial charge in [0.15, 0.2) is 5.65 Å². The van der Waals surface area contributed by atoms with Crippen LogP contribution in [-0.4, -0.2) is 22.0 Å². The number of nitrogens with one attached hydrogen (secondary N) is 1. The third-order valence-electron chi connectivity index (χ3n) is 4.07. The van der Waals surface area contributed by atoms with Gasteiger partial charge in [0.2, 0.25) is 0 Å². The second-order valence-corrected chi connectivity index (χ2v) is 6.77. The second kappa shape index (κ2) is 8.35. The molecule has 1 N–H and O–H groups in total. The minimum Gasteiger partial charge on any atom is -0.459 e. The van der Waals surface area contributed by atoms with Crippen molar-refractivity contribution in [2.75, 3.05) is 5.32 Å². The van der Waals surface area contributed by atoms with E-state index in [2.05, 4.69) is 28.3 Å². The molecule has 0 unspecified atom stereocenters. The van der Waals surface area contributed by atoms with E-state index in [-0.39, 0.29) is 18.5 Å². The fourth-order valence-electron chi connectivity index (χ4n) is 2.83. The number of carbonyl (C=O) groups is 1. The number of esters is 1. The Morgan fingerprint density at radius 1 is 1.11 bits per heavy atom. The molecule has 142 valence electrons. The quantitative estimate of drug-likeness (QED) is 0.618. The van der Waals surface area contributed by atoms with E-state index < -0.39 is 5.97 Å². The van der Waals surface area contributed by atoms with Gasteiger partial charge in [0.25, 0.3) is 0 Å². The average Bonchev–Trinajstić information content (AvgIpc) is 2.56. The number of hydrogen-bond acceptors (Lipinski definition) is 5. The zero-order chi connectivity index (χ0) is 18.8. The van der Waals surface area contributed by atoms with E-state index >= 15 is 0 Å². The van der Waals surface area contributed by atoms with Gasteiger partial charge in [-0.1, -0.05) is 17.7 Å². The van der Waals surface area contributed by atoms with Crippen LogP contribution in [0.3, 0.4) is 0 Å². The van der Waals surface area contributed by atoms with Gasteiger partial charge >= 0.3 is 5.97 Å². The summed E-state index contributed by atoms with van der Waals surface area (Å²) < 4.78 is 5.40. The number of halogens is 1. The summed E-state index contributed by atoms with van der Waals surface area (Å²) in [5, 5.41) is 4.19. The van der Waals surface area contributed by atoms with Crippen molar-refractivity contribution in [2.45, 2.75) is 40.7 Å². The van der Waals surface area contributed by atoms with E-state index in [0.717, 1.165) is 22.3 Å². The molecule has 0 spiro atoms. The molecule has 0 aliphatic rings. The van der Waals surface area contributed by atoms with Crippen LogP contribution in [0.5, 0.6) is 0 Å². The number of aromatic nitrogens is 2. The third-order valence-corrected chi connectivity index (χ3v) is 4.07. The minimum absolute atomic E-state index is 0. The lowest BCUT2D eigenvalue weighted by atomic mass is 10.1. The number of aryl methyl sites for hydroxylation is 3. The molecule has 0 bridgehead atoms. The molecule has 2 heterocycles. The molecule has 0 aliphatic heterocycles. The Labute approximate surface area is 165 Å². The van der Waals surface area contributed by atoms with Crippen LogP contribution in [0.25, 0.3) is 11.0 Å². The monoisotopic (exact) mass is 385 g/mol. The normalized spacial score (nSPS) is 10.6. The maximum atomic E-state index is 12.6. The highest BCUT2D eigenvalue weighted by Crippen LogP contribution is 2.31. The smallest absolute Gasteiger partial charge is 0.342 e. The van der Waals surface area contributed by atoms with E-state index in [0.29, 0.717) is 16.9 Å². The molecular weight excluding hydrogens is 362 g/mol. The average molecular weight is 386 g/mol. The van der Waals surface area contributed by atoms with Crippen molar-refractivity contribution < 1.29 is 9.53 Å². The lowest BCUT2D eigenvalue weighted by Gasteiger charge is -2.17. The Bertz CT molecular complexity index is 987. The lowest BCUT2D eigenvalue weighted by Crippen LogP contribution is -2.14. The Morgan fingerprint density at radius 2 is 1.85 bits per heavy atom. The van der Waals surface area contributed by atoms with Gasteiger partial charge in [0, 0.05) is 23.0 Å². The van der Waals surface area contributed by atoms with Crippen LogP contribution in [0.2, 0.25) is 0 Å². The molecule has 1 aromatic carbocycles. The fraction of sp³-hybridized carbons (Fsp3) is 0.286. The Hall–Kier alpha value is -2.66. The van der Waals surface area contributed by atoms with Gasteiger partial charge in [-0.05, 0) is 58.4 Å². The maximum Gasteiger partial charge on any atom is 0.342 e. The van der Waals surface area contributed by atoms with E-state index in [9.17, 15) is 4.79 Å². The van der Waals surface area contributed by atoms with Gasteiger partial charge in [-0.2, -0.15) is 0 Å². The van der Waals surface area contributed by atoms with Gasteiger partial charge in [-0.25, -0.2) is 14.8 Å². The maximum absolute atomic E-state index is 12.6. The number of anilines is 2. The van der Waals surface area contributed by atoms with E-state index in [4.69, 9.17) is 4.74 Å². The second-order valence-electron chi connectivity index (χ2n) is 6.77. The van der Waals surface area contributed by atoms with Crippen molar-refractivity contribution in [3.8, 4) is 0 Å². The summed E-state index contributed by atoms with van der Waals surface area (Å²) in [6, 6.07) is 9.99. The van der Waals surface area contributed by atoms with Crippen LogP contribution < -0.4 is 5.32 Å². The number of benzene rings is 1. The molecule has 0 aliphatic carbocycles. The van der Waals surface area contributed by atoms with Crippen LogP contribution in [-0.2, 0) is 4.74 Å². The first-order valence-corrected chi connectivity index (χ1v) is 8.67. The topological polar surface area (TPSA) is 64.1 Å². The molecule has 0 saturated heterocycles. The SMILES string of the molecule is Cc1ccc(Nc2c(C(=O)OC(C)C)cnc3nc(C)ccc23)c(C)c1.Cl. The minimum atomic E-state index is -0.401. The largest absolute Gasteiger partial charge is 0.459 e. The molecule has 0 saturated carbocycles. The molecule has 0 radical (unpaired) electrons. The van der Waals surface area contributed by atoms with Crippen molar-refractivity contribution in [3.63, 3.8) is 0 Å². The standard InChI is InChI=1S/C21H23N3O2.ClH/c1-12(2)26-21(25)17-11-22-20-16(8-7-15(5)23-20)19(17)24-18-9-6-13(3)10-14(18)4;/h6-12H,1-5H3,(H,22,23,24);1H. The molecule has 0 amide bonds. The van der Waals surface area contributed by atoms with Crippen LogP contribution in [0.4, 0.5) is 11.4 Å². The number of carbonyl (C=O) groups excluding carboxylic acids is 1. The molecule has 3 rings (SSSR count). The van der Waals surface area contributed by atoms with Crippen molar-refractivity contribution >= 4 is 40.8 Å². The lowest BCUT2D eigenvalue weighted by molar-refractivity contribution is 0.0379. The fourth-order valence-corrected chi connectivity index (χ4v) is 2.83. The highest BCUT2D eigenvalue weighted by atomic mass is 35.5. The van der Waals surface area contributed by atoms with Crippen molar-refractivity contribution in [1.82, 2.24) is 9.97 Å². The van der Waals surface area contributed by atoms with E-state index in [1.165, 1.54) is 11.8 Å². The van der Waals surface area contributed by atoms with Crippen molar-refractivity contribution in [3.05, 3.63) is 58.9 Å². The summed E-state index contributed by atoms with van der Waals surface area (Å²) in [7, 11) is 0. The molecule has 27 heavy (non-hydrogen) atoms. The summed E-state index contributed by atoms with van der Waals surface area (Å²) >= 11 is 0. The summed E-state index contributed by atoms with van der Waals surface area (Å²) in [5.74, 6) is -0.401. The number of nitrogens with zero attached hydrogens (tertiary/aromatic N) is 2. The number of rotatable bonds is 4. The van der Waals surface area contributed by atoms with Crippen LogP contribution in [0, 0.1) is 20.8 Å². The first-order chi connectivity index (χ1) is 12.3. The number of ether oxygens (including phenoxy) is 1. The van der Waals surface area contributed by atoms with Crippen LogP contribution in [0.15, 0.2) is 36.5 Å². The van der Waals surface area contributed by atoms with Gasteiger partial charge in [-0.3, -0.25) is 0 Å². The summed E-state index contributed by atoms with van der Waals surface area (Å²) in [6.45, 7) is 9.66. The molecule has 0 atom stereocenters. The van der Waals surface area contributed by atoms with Gasteiger partial charge in [0.05, 0.1) is 11.8 Å².